The molecule has 0 bridgehead atoms. The third-order valence-electron chi connectivity index (χ3n) is 4.21. The summed E-state index contributed by atoms with van der Waals surface area (Å²) in [7, 11) is 0.672. The third kappa shape index (κ3) is 18.3. The van der Waals surface area contributed by atoms with Crippen molar-refractivity contribution >= 4 is 16.5 Å². The van der Waals surface area contributed by atoms with Gasteiger partial charge in [-0.3, -0.25) is 4.18 Å². The molecule has 0 saturated heterocycles. The van der Waals surface area contributed by atoms with E-state index >= 15 is 0 Å². The van der Waals surface area contributed by atoms with Crippen LogP contribution in [0.5, 0.6) is 5.75 Å². The van der Waals surface area contributed by atoms with Gasteiger partial charge >= 0.3 is 6.09 Å². The average molecular weight is 447 g/mol. The molecule has 8 nitrogen and oxygen atoms in total. The first-order valence-electron chi connectivity index (χ1n) is 10.6. The first-order chi connectivity index (χ1) is 14.2. The second-order valence-electron chi connectivity index (χ2n) is 7.38. The van der Waals surface area contributed by atoms with E-state index < -0.39 is 10.4 Å². The molecule has 1 aromatic rings. The number of aryl methyl sites for hydroxylation is 1. The van der Waals surface area contributed by atoms with Crippen molar-refractivity contribution in [3.8, 4) is 5.75 Å². The lowest BCUT2D eigenvalue weighted by Crippen LogP contribution is -2.29. The lowest BCUT2D eigenvalue weighted by atomic mass is 10.1. The Bertz CT molecular complexity index is 680. The zero-order chi connectivity index (χ0) is 22.8. The maximum absolute atomic E-state index is 11.1. The van der Waals surface area contributed by atoms with Crippen molar-refractivity contribution in [1.82, 2.24) is 4.90 Å². The predicted octanol–water partition coefficient (Wildman–Crippen LogP) is 3.96. The Morgan fingerprint density at radius 1 is 1.03 bits per heavy atom. The van der Waals surface area contributed by atoms with Crippen LogP contribution in [0.25, 0.3) is 0 Å². The number of amides is 1. The zero-order valence-electron chi connectivity index (χ0n) is 18.8. The van der Waals surface area contributed by atoms with Crippen LogP contribution in [0.4, 0.5) is 4.79 Å². The standard InChI is InChI=1S/C12H26O4S.C9H13N2O2/c1-2-3-4-5-6-7-8-9-10-11-12-16-17(13,14)15;1-10(2)9(12)13-8-5-4-6-11(3)7-8/h2-12H2,1H3,(H,13,14,15);4-7H,1-3H3/q;+1/p-1. The highest BCUT2D eigenvalue weighted by atomic mass is 32.3. The number of hydrogen-bond acceptors (Lipinski definition) is 6. The van der Waals surface area contributed by atoms with E-state index in [1.807, 2.05) is 23.9 Å². The summed E-state index contributed by atoms with van der Waals surface area (Å²) in [5, 5.41) is 0. The highest BCUT2D eigenvalue weighted by Crippen LogP contribution is 2.10. The van der Waals surface area contributed by atoms with Gasteiger partial charge in [0.15, 0.2) is 11.9 Å². The summed E-state index contributed by atoms with van der Waals surface area (Å²) in [6.07, 6.45) is 14.9. The number of pyridine rings is 1. The Hall–Kier alpha value is -1.71. The Balaban J connectivity index is 0.000000579. The van der Waals surface area contributed by atoms with Crippen LogP contribution in [0, 0.1) is 0 Å². The summed E-state index contributed by atoms with van der Waals surface area (Å²) < 4.78 is 41.3. The summed E-state index contributed by atoms with van der Waals surface area (Å²) in [5.41, 5.74) is 0. The van der Waals surface area contributed by atoms with Crippen molar-refractivity contribution in [2.24, 2.45) is 7.05 Å². The van der Waals surface area contributed by atoms with Crippen LogP contribution in [-0.2, 0) is 21.6 Å². The number of carbonyl (C=O) groups excluding carboxylic acids is 1. The summed E-state index contributed by atoms with van der Waals surface area (Å²) in [6, 6.07) is 3.56. The summed E-state index contributed by atoms with van der Waals surface area (Å²) in [4.78, 5) is 12.5. The van der Waals surface area contributed by atoms with Gasteiger partial charge in [-0.05, 0) is 12.5 Å². The lowest BCUT2D eigenvalue weighted by molar-refractivity contribution is -0.671. The number of nitrogens with zero attached hydrogens (tertiary/aromatic N) is 2. The van der Waals surface area contributed by atoms with Crippen LogP contribution < -0.4 is 9.30 Å². The first-order valence-corrected chi connectivity index (χ1v) is 11.9. The van der Waals surface area contributed by atoms with Gasteiger partial charge in [-0.15, -0.1) is 0 Å². The van der Waals surface area contributed by atoms with Gasteiger partial charge < -0.3 is 14.2 Å². The SMILES string of the molecule is CCCCCCCCCCCCOS(=O)(=O)[O-].CN(C)C(=O)Oc1ccc[n+](C)c1. The molecule has 30 heavy (non-hydrogen) atoms. The Morgan fingerprint density at radius 3 is 2.03 bits per heavy atom. The highest BCUT2D eigenvalue weighted by Gasteiger charge is 2.08. The van der Waals surface area contributed by atoms with Gasteiger partial charge in [0.25, 0.3) is 0 Å². The molecule has 0 radical (unpaired) electrons. The molecule has 0 unspecified atom stereocenters. The smallest absolute Gasteiger partial charge is 0.414 e. The van der Waals surface area contributed by atoms with Crippen molar-refractivity contribution in [3.05, 3.63) is 24.5 Å². The zero-order valence-corrected chi connectivity index (χ0v) is 19.7. The molecule has 0 spiro atoms. The minimum Gasteiger partial charge on any atom is -0.726 e. The fourth-order valence-corrected chi connectivity index (χ4v) is 2.89. The normalized spacial score (nSPS) is 10.8. The minimum atomic E-state index is -4.48. The van der Waals surface area contributed by atoms with E-state index in [0.29, 0.717) is 12.2 Å². The number of aromatic nitrogens is 1. The van der Waals surface area contributed by atoms with Crippen LogP contribution in [0.3, 0.4) is 0 Å². The molecule has 1 rings (SSSR count). The summed E-state index contributed by atoms with van der Waals surface area (Å²) in [5.74, 6) is 0.545. The molecule has 0 aliphatic carbocycles. The molecule has 1 aromatic heterocycles. The second kappa shape index (κ2) is 17.0. The molecular weight excluding hydrogens is 408 g/mol. The molecule has 0 aromatic carbocycles. The van der Waals surface area contributed by atoms with Gasteiger partial charge in [0.1, 0.15) is 7.05 Å². The Morgan fingerprint density at radius 2 is 1.57 bits per heavy atom. The molecule has 0 atom stereocenters. The topological polar surface area (TPSA) is 99.9 Å². The molecule has 1 amide bonds. The van der Waals surface area contributed by atoms with Crippen molar-refractivity contribution < 1.29 is 31.3 Å². The molecule has 9 heteroatoms. The maximum atomic E-state index is 11.1. The van der Waals surface area contributed by atoms with Gasteiger partial charge in [-0.25, -0.2) is 17.8 Å². The van der Waals surface area contributed by atoms with E-state index in [1.165, 1.54) is 49.8 Å². The van der Waals surface area contributed by atoms with Crippen LogP contribution >= 0.6 is 0 Å². The van der Waals surface area contributed by atoms with E-state index in [-0.39, 0.29) is 12.7 Å². The number of ether oxygens (including phenoxy) is 1. The third-order valence-corrected chi connectivity index (χ3v) is 4.66. The number of carbonyl (C=O) groups is 1. The van der Waals surface area contributed by atoms with Gasteiger partial charge in [0.2, 0.25) is 16.6 Å². The number of hydrogen-bond donors (Lipinski definition) is 0. The summed E-state index contributed by atoms with van der Waals surface area (Å²) in [6.45, 7) is 2.24. The Labute approximate surface area is 182 Å². The molecule has 1 heterocycles. The summed E-state index contributed by atoms with van der Waals surface area (Å²) >= 11 is 0. The van der Waals surface area contributed by atoms with E-state index in [1.54, 1.807) is 26.4 Å². The van der Waals surface area contributed by atoms with Crippen LogP contribution in [0.1, 0.15) is 71.1 Å². The molecule has 0 fully saturated rings. The molecule has 0 aliphatic heterocycles. The van der Waals surface area contributed by atoms with Crippen molar-refractivity contribution in [3.63, 3.8) is 0 Å². The lowest BCUT2D eigenvalue weighted by Gasteiger charge is -2.09. The fourth-order valence-electron chi connectivity index (χ4n) is 2.56. The maximum Gasteiger partial charge on any atom is 0.414 e. The fraction of sp³-hybridized carbons (Fsp3) is 0.714. The largest absolute Gasteiger partial charge is 0.726 e. The van der Waals surface area contributed by atoms with Gasteiger partial charge in [0.05, 0.1) is 6.61 Å². The monoisotopic (exact) mass is 446 g/mol. The average Bonchev–Trinajstić information content (AvgIpc) is 2.66. The van der Waals surface area contributed by atoms with Crippen molar-refractivity contribution in [2.75, 3.05) is 20.7 Å². The number of unbranched alkanes of at least 4 members (excludes halogenated alkanes) is 9. The Kier molecular flexibility index (Phi) is 16.0. The van der Waals surface area contributed by atoms with E-state index in [2.05, 4.69) is 11.1 Å². The van der Waals surface area contributed by atoms with E-state index in [0.717, 1.165) is 12.8 Å². The highest BCUT2D eigenvalue weighted by molar-refractivity contribution is 7.80. The quantitative estimate of drug-likeness (QED) is 0.197. The molecule has 0 N–H and O–H groups in total. The van der Waals surface area contributed by atoms with Gasteiger partial charge in [0, 0.05) is 20.2 Å². The van der Waals surface area contributed by atoms with Crippen molar-refractivity contribution in [1.29, 1.82) is 0 Å². The first kappa shape index (κ1) is 28.3. The van der Waals surface area contributed by atoms with Gasteiger partial charge in [-0.2, -0.15) is 0 Å². The van der Waals surface area contributed by atoms with Crippen LogP contribution in [-0.4, -0.2) is 44.7 Å². The van der Waals surface area contributed by atoms with E-state index in [4.69, 9.17) is 4.74 Å². The van der Waals surface area contributed by atoms with E-state index in [9.17, 15) is 17.8 Å². The predicted molar refractivity (Wildman–Crippen MR) is 115 cm³/mol. The van der Waals surface area contributed by atoms with Crippen LogP contribution in [0.2, 0.25) is 0 Å². The molecule has 0 aliphatic rings. The van der Waals surface area contributed by atoms with Crippen molar-refractivity contribution in [2.45, 2.75) is 71.1 Å². The van der Waals surface area contributed by atoms with Crippen LogP contribution in [0.15, 0.2) is 24.5 Å². The molecular formula is C21H38N2O6S. The minimum absolute atomic E-state index is 0.0301. The molecule has 174 valence electrons. The number of rotatable bonds is 13. The second-order valence-corrected chi connectivity index (χ2v) is 8.43. The molecule has 0 saturated carbocycles. The van der Waals surface area contributed by atoms with Gasteiger partial charge in [-0.1, -0.05) is 64.7 Å².